The highest BCUT2D eigenvalue weighted by molar-refractivity contribution is 7.99. The quantitative estimate of drug-likeness (QED) is 0.381. The molecule has 0 saturated heterocycles. The van der Waals surface area contributed by atoms with E-state index in [-0.39, 0.29) is 12.2 Å². The average Bonchev–Trinajstić information content (AvgIpc) is 2.99. The molecule has 1 aliphatic heterocycles. The zero-order valence-electron chi connectivity index (χ0n) is 15.6. The molecular formula is C18H27N3O3S2. The maximum atomic E-state index is 8.82. The lowest BCUT2D eigenvalue weighted by Gasteiger charge is -2.33. The smallest absolute Gasteiger partial charge is 0.190 e. The summed E-state index contributed by atoms with van der Waals surface area (Å²) in [6.45, 7) is 8.69. The van der Waals surface area contributed by atoms with Crippen molar-refractivity contribution >= 4 is 39.1 Å². The van der Waals surface area contributed by atoms with E-state index < -0.39 is 0 Å². The van der Waals surface area contributed by atoms with Gasteiger partial charge in [0.2, 0.25) is 0 Å². The molecule has 0 unspecified atom stereocenters. The molecule has 0 saturated carbocycles. The fraction of sp³-hybridized carbons (Fsp3) is 0.667. The molecule has 2 aromatic rings. The van der Waals surface area contributed by atoms with Crippen LogP contribution < -0.4 is 5.32 Å². The summed E-state index contributed by atoms with van der Waals surface area (Å²) in [7, 11) is 0. The summed E-state index contributed by atoms with van der Waals surface area (Å²) in [5, 5.41) is 14.2. The fourth-order valence-electron chi connectivity index (χ4n) is 3.01. The van der Waals surface area contributed by atoms with Crippen LogP contribution in [0, 0.1) is 0 Å². The van der Waals surface area contributed by atoms with Gasteiger partial charge in [-0.3, -0.25) is 0 Å². The molecule has 0 radical (unpaired) electrons. The predicted octanol–water partition coefficient (Wildman–Crippen LogP) is 3.47. The fourth-order valence-corrected chi connectivity index (χ4v) is 4.74. The molecule has 0 spiro atoms. The van der Waals surface area contributed by atoms with E-state index in [1.54, 1.807) is 23.1 Å². The topological polar surface area (TPSA) is 76.5 Å². The summed E-state index contributed by atoms with van der Waals surface area (Å²) in [6.07, 6.45) is 1.87. The summed E-state index contributed by atoms with van der Waals surface area (Å²) < 4.78 is 11.5. The molecule has 1 atom stereocenters. The number of thioether (sulfide) groups is 1. The van der Waals surface area contributed by atoms with Crippen LogP contribution >= 0.6 is 23.1 Å². The van der Waals surface area contributed by atoms with Gasteiger partial charge in [-0.05, 0) is 24.7 Å². The van der Waals surface area contributed by atoms with E-state index in [0.29, 0.717) is 26.4 Å². The highest BCUT2D eigenvalue weighted by Gasteiger charge is 2.33. The van der Waals surface area contributed by atoms with Gasteiger partial charge in [0.15, 0.2) is 5.16 Å². The second-order valence-corrected chi connectivity index (χ2v) is 8.82. The van der Waals surface area contributed by atoms with Gasteiger partial charge in [0, 0.05) is 17.8 Å². The van der Waals surface area contributed by atoms with Crippen molar-refractivity contribution in [1.82, 2.24) is 9.97 Å². The number of rotatable bonds is 9. The summed E-state index contributed by atoms with van der Waals surface area (Å²) >= 11 is 3.37. The minimum Gasteiger partial charge on any atom is -0.394 e. The van der Waals surface area contributed by atoms with Crippen LogP contribution in [-0.2, 0) is 22.5 Å². The van der Waals surface area contributed by atoms with Crippen LogP contribution in [0.2, 0.25) is 0 Å². The van der Waals surface area contributed by atoms with Crippen LogP contribution in [0.4, 0.5) is 5.82 Å². The molecule has 0 amide bonds. The Morgan fingerprint density at radius 3 is 2.92 bits per heavy atom. The van der Waals surface area contributed by atoms with Crippen molar-refractivity contribution in [3.05, 3.63) is 10.4 Å². The van der Waals surface area contributed by atoms with E-state index in [4.69, 9.17) is 24.5 Å². The predicted molar refractivity (Wildman–Crippen MR) is 107 cm³/mol. The first-order valence-electron chi connectivity index (χ1n) is 9.11. The zero-order chi connectivity index (χ0) is 18.6. The van der Waals surface area contributed by atoms with Gasteiger partial charge in [-0.1, -0.05) is 25.6 Å². The van der Waals surface area contributed by atoms with E-state index in [1.807, 2.05) is 0 Å². The third kappa shape index (κ3) is 4.31. The average molecular weight is 398 g/mol. The number of hydrogen-bond donors (Lipinski definition) is 2. The van der Waals surface area contributed by atoms with Gasteiger partial charge >= 0.3 is 0 Å². The van der Waals surface area contributed by atoms with Crippen LogP contribution in [0.15, 0.2) is 5.16 Å². The molecule has 1 aliphatic rings. The lowest BCUT2D eigenvalue weighted by molar-refractivity contribution is -0.0542. The Kier molecular flexibility index (Phi) is 6.74. The Bertz CT molecular complexity index is 753. The Balaban J connectivity index is 1.93. The highest BCUT2D eigenvalue weighted by atomic mass is 32.2. The lowest BCUT2D eigenvalue weighted by atomic mass is 9.90. The second kappa shape index (κ2) is 8.84. The van der Waals surface area contributed by atoms with Gasteiger partial charge in [-0.2, -0.15) is 0 Å². The zero-order valence-corrected chi connectivity index (χ0v) is 17.3. The van der Waals surface area contributed by atoms with Gasteiger partial charge < -0.3 is 19.9 Å². The molecule has 2 N–H and O–H groups in total. The lowest BCUT2D eigenvalue weighted by Crippen LogP contribution is -2.34. The van der Waals surface area contributed by atoms with Crippen LogP contribution in [0.25, 0.3) is 10.2 Å². The van der Waals surface area contributed by atoms with Crippen molar-refractivity contribution in [2.75, 3.05) is 37.4 Å². The van der Waals surface area contributed by atoms with E-state index in [1.165, 1.54) is 10.4 Å². The second-order valence-electron chi connectivity index (χ2n) is 6.50. The standard InChI is InChI=1S/C18H27N3O3S2/c1-4-18(3)10-12-13(11-24-18)26-16-14(12)15(19-6-8-23-9-7-22)20-17(21-16)25-5-2/h22H,4-11H2,1-3H3,(H,19,20,21)/t18-/m1/s1. The van der Waals surface area contributed by atoms with Gasteiger partial charge in [-0.15, -0.1) is 11.3 Å². The molecule has 0 fully saturated rings. The number of fused-ring (bicyclic) bond motifs is 3. The normalized spacial score (nSPS) is 19.7. The van der Waals surface area contributed by atoms with Crippen molar-refractivity contribution in [2.24, 2.45) is 0 Å². The molecule has 144 valence electrons. The van der Waals surface area contributed by atoms with Crippen molar-refractivity contribution < 1.29 is 14.6 Å². The molecule has 0 aliphatic carbocycles. The van der Waals surface area contributed by atoms with Crippen LogP contribution in [0.1, 0.15) is 37.6 Å². The number of nitrogens with one attached hydrogen (secondary N) is 1. The van der Waals surface area contributed by atoms with Crippen molar-refractivity contribution in [1.29, 1.82) is 0 Å². The van der Waals surface area contributed by atoms with Crippen molar-refractivity contribution in [3.8, 4) is 0 Å². The van der Waals surface area contributed by atoms with Gasteiger partial charge in [0.25, 0.3) is 0 Å². The molecule has 6 nitrogen and oxygen atoms in total. The SMILES string of the molecule is CCSc1nc(NCCOCCO)c2c3c(sc2n1)CO[C@](C)(CC)C3. The third-order valence-electron chi connectivity index (χ3n) is 4.61. The van der Waals surface area contributed by atoms with Gasteiger partial charge in [-0.25, -0.2) is 9.97 Å². The first kappa shape index (κ1) is 19.8. The van der Waals surface area contributed by atoms with E-state index in [2.05, 4.69) is 26.1 Å². The monoisotopic (exact) mass is 397 g/mol. The van der Waals surface area contributed by atoms with Crippen LogP contribution in [-0.4, -0.2) is 52.8 Å². The van der Waals surface area contributed by atoms with Crippen LogP contribution in [0.5, 0.6) is 0 Å². The highest BCUT2D eigenvalue weighted by Crippen LogP contribution is 2.42. The number of nitrogens with zero attached hydrogens (tertiary/aromatic N) is 2. The number of aromatic nitrogens is 2. The summed E-state index contributed by atoms with van der Waals surface area (Å²) in [6, 6.07) is 0. The molecule has 2 aromatic heterocycles. The molecule has 8 heteroatoms. The van der Waals surface area contributed by atoms with Gasteiger partial charge in [0.1, 0.15) is 10.6 Å². The summed E-state index contributed by atoms with van der Waals surface area (Å²) in [5.74, 6) is 1.82. The minimum atomic E-state index is -0.126. The molecule has 3 heterocycles. The number of hydrogen-bond acceptors (Lipinski definition) is 8. The van der Waals surface area contributed by atoms with E-state index in [0.717, 1.165) is 39.8 Å². The third-order valence-corrected chi connectivity index (χ3v) is 6.44. The molecule has 3 rings (SSSR count). The van der Waals surface area contributed by atoms with Crippen molar-refractivity contribution in [3.63, 3.8) is 0 Å². The first-order chi connectivity index (χ1) is 12.6. The molecular weight excluding hydrogens is 370 g/mol. The number of anilines is 1. The Morgan fingerprint density at radius 1 is 1.35 bits per heavy atom. The molecule has 0 aromatic carbocycles. The Labute approximate surface area is 162 Å². The Morgan fingerprint density at radius 2 is 2.19 bits per heavy atom. The molecule has 26 heavy (non-hydrogen) atoms. The van der Waals surface area contributed by atoms with E-state index >= 15 is 0 Å². The number of aliphatic hydroxyl groups excluding tert-OH is 1. The summed E-state index contributed by atoms with van der Waals surface area (Å²) in [5.41, 5.74) is 1.20. The maximum Gasteiger partial charge on any atom is 0.190 e. The number of thiophene rings is 1. The van der Waals surface area contributed by atoms with E-state index in [9.17, 15) is 0 Å². The first-order valence-corrected chi connectivity index (χ1v) is 10.9. The number of aliphatic hydroxyl groups is 1. The molecule has 0 bridgehead atoms. The summed E-state index contributed by atoms with van der Waals surface area (Å²) in [4.78, 5) is 11.8. The van der Waals surface area contributed by atoms with Crippen LogP contribution in [0.3, 0.4) is 0 Å². The maximum absolute atomic E-state index is 8.82. The van der Waals surface area contributed by atoms with Gasteiger partial charge in [0.05, 0.1) is 37.4 Å². The minimum absolute atomic E-state index is 0.0443. The largest absolute Gasteiger partial charge is 0.394 e. The Hall–Kier alpha value is -0.930. The number of ether oxygens (including phenoxy) is 2. The van der Waals surface area contributed by atoms with Crippen molar-refractivity contribution in [2.45, 2.75) is 51.0 Å².